The van der Waals surface area contributed by atoms with Crippen LogP contribution in [0.4, 0.5) is 13.2 Å². The third-order valence-corrected chi connectivity index (χ3v) is 7.58. The van der Waals surface area contributed by atoms with E-state index in [1.54, 1.807) is 60.7 Å². The van der Waals surface area contributed by atoms with E-state index in [2.05, 4.69) is 0 Å². The molecule has 0 aliphatic rings. The van der Waals surface area contributed by atoms with Gasteiger partial charge in [-0.3, -0.25) is 9.36 Å². The van der Waals surface area contributed by atoms with Crippen molar-refractivity contribution < 1.29 is 32.3 Å². The van der Waals surface area contributed by atoms with E-state index >= 15 is 0 Å². The molecule has 0 amide bonds. The first-order valence-corrected chi connectivity index (χ1v) is 13.8. The largest absolute Gasteiger partial charge is 0.399 e. The molecule has 4 nitrogen and oxygen atoms in total. The molecule has 0 bridgehead atoms. The molecular formula is C31H26F3O4P. The highest BCUT2D eigenvalue weighted by molar-refractivity contribution is 7.52. The average molecular weight is 551 g/mol. The van der Waals surface area contributed by atoms with Crippen molar-refractivity contribution in [3.63, 3.8) is 0 Å². The maximum absolute atomic E-state index is 14.9. The SMILES string of the molecule is O=C(c1ccccc1)C(C/C=C/c1ccccc1)(Cc1ccc(C(F)(F)P(=O)(O)O)c(F)c1)c1ccccc1. The van der Waals surface area contributed by atoms with E-state index in [9.17, 15) is 22.5 Å². The third kappa shape index (κ3) is 6.12. The van der Waals surface area contributed by atoms with Crippen LogP contribution >= 0.6 is 7.60 Å². The van der Waals surface area contributed by atoms with Crippen LogP contribution in [0.5, 0.6) is 0 Å². The number of hydrogen-bond acceptors (Lipinski definition) is 2. The first-order chi connectivity index (χ1) is 18.5. The lowest BCUT2D eigenvalue weighted by Crippen LogP contribution is -2.38. The molecule has 0 heterocycles. The maximum Gasteiger partial charge on any atom is 0.399 e. The molecule has 4 aromatic carbocycles. The van der Waals surface area contributed by atoms with Crippen molar-refractivity contribution in [3.05, 3.63) is 149 Å². The van der Waals surface area contributed by atoms with Gasteiger partial charge < -0.3 is 9.79 Å². The second-order valence-corrected chi connectivity index (χ2v) is 10.9. The summed E-state index contributed by atoms with van der Waals surface area (Å²) in [6, 6.07) is 29.7. The number of allylic oxidation sites excluding steroid dienone is 1. The summed E-state index contributed by atoms with van der Waals surface area (Å²) >= 11 is 0. The normalized spacial score (nSPS) is 13.8. The van der Waals surface area contributed by atoms with Gasteiger partial charge in [-0.1, -0.05) is 109 Å². The number of halogens is 3. The molecule has 0 aromatic heterocycles. The van der Waals surface area contributed by atoms with Crippen LogP contribution in [0.2, 0.25) is 0 Å². The molecule has 8 heteroatoms. The van der Waals surface area contributed by atoms with Gasteiger partial charge in [-0.05, 0) is 41.7 Å². The van der Waals surface area contributed by atoms with Crippen molar-refractivity contribution in [1.29, 1.82) is 0 Å². The molecule has 0 aliphatic carbocycles. The minimum absolute atomic E-state index is 0.0530. The van der Waals surface area contributed by atoms with Crippen LogP contribution in [-0.2, 0) is 22.1 Å². The van der Waals surface area contributed by atoms with Crippen LogP contribution in [0.25, 0.3) is 6.08 Å². The van der Waals surface area contributed by atoms with Crippen LogP contribution in [0.15, 0.2) is 115 Å². The molecule has 1 unspecified atom stereocenters. The predicted octanol–water partition coefficient (Wildman–Crippen LogP) is 7.52. The van der Waals surface area contributed by atoms with Gasteiger partial charge in [0.05, 0.1) is 11.0 Å². The molecule has 0 spiro atoms. The number of benzene rings is 4. The zero-order valence-corrected chi connectivity index (χ0v) is 21.6. The quantitative estimate of drug-likeness (QED) is 0.158. The Kier molecular flexibility index (Phi) is 8.36. The van der Waals surface area contributed by atoms with Gasteiger partial charge in [-0.15, -0.1) is 0 Å². The fourth-order valence-electron chi connectivity index (χ4n) is 4.60. The van der Waals surface area contributed by atoms with Crippen LogP contribution in [0, 0.1) is 5.82 Å². The number of carbonyl (C=O) groups is 1. The Bertz CT molecular complexity index is 1500. The zero-order chi connectivity index (χ0) is 28.1. The number of Topliss-reactive ketones (excluding diaryl/α,β-unsaturated/α-hetero) is 1. The van der Waals surface area contributed by atoms with Crippen LogP contribution in [-0.4, -0.2) is 15.6 Å². The van der Waals surface area contributed by atoms with Gasteiger partial charge in [0.25, 0.3) is 0 Å². The molecule has 4 aromatic rings. The first kappa shape index (κ1) is 28.2. The highest BCUT2D eigenvalue weighted by Crippen LogP contribution is 2.59. The first-order valence-electron chi connectivity index (χ1n) is 12.1. The molecule has 200 valence electrons. The minimum Gasteiger partial charge on any atom is -0.320 e. The third-order valence-electron chi connectivity index (χ3n) is 6.60. The van der Waals surface area contributed by atoms with Gasteiger partial charge in [-0.25, -0.2) is 4.39 Å². The summed E-state index contributed by atoms with van der Waals surface area (Å²) in [5.41, 5.74) is -5.11. The molecular weight excluding hydrogens is 524 g/mol. The second kappa shape index (κ2) is 11.5. The molecule has 2 N–H and O–H groups in total. The Morgan fingerprint density at radius 3 is 1.95 bits per heavy atom. The number of alkyl halides is 2. The Labute approximate surface area is 224 Å². The molecule has 0 saturated carbocycles. The summed E-state index contributed by atoms with van der Waals surface area (Å²) < 4.78 is 54.8. The van der Waals surface area contributed by atoms with Gasteiger partial charge in [0.1, 0.15) is 5.82 Å². The second-order valence-electron chi connectivity index (χ2n) is 9.24. The van der Waals surface area contributed by atoms with Crippen LogP contribution < -0.4 is 0 Å². The number of ketones is 1. The van der Waals surface area contributed by atoms with Crippen LogP contribution in [0.3, 0.4) is 0 Å². The van der Waals surface area contributed by atoms with Gasteiger partial charge >= 0.3 is 13.3 Å². The van der Waals surface area contributed by atoms with E-state index in [1.165, 1.54) is 6.07 Å². The standard InChI is InChI=1S/C31H26F3O4P/c32-28-21-24(18-19-27(28)31(33,34)39(36,37)38)22-30(26-16-8-3-9-17-26,29(35)25-14-6-2-7-15-25)20-10-13-23-11-4-1-5-12-23/h1-19,21H,20,22H2,(H2,36,37,38)/b13-10+. The van der Waals surface area contributed by atoms with Gasteiger partial charge in [0.2, 0.25) is 0 Å². The summed E-state index contributed by atoms with van der Waals surface area (Å²) in [5.74, 6) is -1.70. The fourth-order valence-corrected chi connectivity index (χ4v) is 5.09. The van der Waals surface area contributed by atoms with Crippen molar-refractivity contribution in [3.8, 4) is 0 Å². The van der Waals surface area contributed by atoms with Crippen molar-refractivity contribution in [1.82, 2.24) is 0 Å². The number of hydrogen-bond donors (Lipinski definition) is 2. The molecule has 0 saturated heterocycles. The topological polar surface area (TPSA) is 74.6 Å². The smallest absolute Gasteiger partial charge is 0.320 e. The summed E-state index contributed by atoms with van der Waals surface area (Å²) in [6.07, 6.45) is 3.89. The number of carbonyl (C=O) groups excluding carboxylic acids is 1. The molecule has 0 radical (unpaired) electrons. The van der Waals surface area contributed by atoms with Gasteiger partial charge in [-0.2, -0.15) is 8.78 Å². The van der Waals surface area contributed by atoms with Crippen LogP contribution in [0.1, 0.15) is 39.0 Å². The minimum atomic E-state index is -5.96. The lowest BCUT2D eigenvalue weighted by Gasteiger charge is -2.33. The average Bonchev–Trinajstić information content (AvgIpc) is 2.93. The summed E-state index contributed by atoms with van der Waals surface area (Å²) in [4.78, 5) is 32.3. The predicted molar refractivity (Wildman–Crippen MR) is 145 cm³/mol. The molecule has 4 rings (SSSR count). The number of rotatable bonds is 10. The summed E-state index contributed by atoms with van der Waals surface area (Å²) in [6.45, 7) is 0. The van der Waals surface area contributed by atoms with Crippen molar-refractivity contribution in [2.45, 2.75) is 23.9 Å². The van der Waals surface area contributed by atoms with Crippen molar-refractivity contribution in [2.75, 3.05) is 0 Å². The maximum atomic E-state index is 14.9. The van der Waals surface area contributed by atoms with E-state index < -0.39 is 30.1 Å². The van der Waals surface area contributed by atoms with E-state index in [-0.39, 0.29) is 24.2 Å². The van der Waals surface area contributed by atoms with Crippen molar-refractivity contribution >= 4 is 19.5 Å². The summed E-state index contributed by atoms with van der Waals surface area (Å²) in [7, 11) is -5.96. The van der Waals surface area contributed by atoms with Crippen molar-refractivity contribution in [2.24, 2.45) is 0 Å². The van der Waals surface area contributed by atoms with E-state index in [0.717, 1.165) is 11.6 Å². The van der Waals surface area contributed by atoms with E-state index in [0.29, 0.717) is 17.2 Å². The Morgan fingerprint density at radius 1 is 0.821 bits per heavy atom. The Balaban J connectivity index is 1.83. The highest BCUT2D eigenvalue weighted by Gasteiger charge is 2.52. The zero-order valence-electron chi connectivity index (χ0n) is 20.8. The van der Waals surface area contributed by atoms with E-state index in [4.69, 9.17) is 9.79 Å². The molecule has 39 heavy (non-hydrogen) atoms. The fraction of sp³-hybridized carbons (Fsp3) is 0.129. The molecule has 1 atom stereocenters. The Morgan fingerprint density at radius 2 is 1.38 bits per heavy atom. The molecule has 0 fully saturated rings. The lowest BCUT2D eigenvalue weighted by atomic mass is 9.68. The lowest BCUT2D eigenvalue weighted by molar-refractivity contribution is 0.0527. The molecule has 0 aliphatic heterocycles. The van der Waals surface area contributed by atoms with Gasteiger partial charge in [0.15, 0.2) is 5.78 Å². The van der Waals surface area contributed by atoms with E-state index in [1.807, 2.05) is 42.5 Å². The Hall–Kier alpha value is -3.77. The highest BCUT2D eigenvalue weighted by atomic mass is 31.2. The monoisotopic (exact) mass is 550 g/mol. The summed E-state index contributed by atoms with van der Waals surface area (Å²) in [5, 5.41) is 0. The van der Waals surface area contributed by atoms with Gasteiger partial charge in [0, 0.05) is 5.56 Å².